The van der Waals surface area contributed by atoms with Crippen molar-refractivity contribution in [1.82, 2.24) is 0 Å². The third kappa shape index (κ3) is 3.57. The molecule has 0 saturated heterocycles. The standard InChI is InChI=1S/C14H22O/c1-7-9-10-14(15,8-2)13(5,6)11-12(3)4/h2,7,15H,1,3,9-11H2,4-6H3. The topological polar surface area (TPSA) is 20.2 Å². The summed E-state index contributed by atoms with van der Waals surface area (Å²) in [5.41, 5.74) is -0.399. The minimum absolute atomic E-state index is 0.351. The predicted octanol–water partition coefficient (Wildman–Crippen LogP) is 3.31. The Kier molecular flexibility index (Phi) is 4.84. The summed E-state index contributed by atoms with van der Waals surface area (Å²) in [5.74, 6) is 2.53. The first kappa shape index (κ1) is 14.0. The first-order chi connectivity index (χ1) is 6.79. The lowest BCUT2D eigenvalue weighted by Gasteiger charge is -2.39. The van der Waals surface area contributed by atoms with Gasteiger partial charge in [-0.15, -0.1) is 19.6 Å². The number of hydrogen-bond acceptors (Lipinski definition) is 1. The number of allylic oxidation sites excluding steroid dienone is 2. The highest BCUT2D eigenvalue weighted by Crippen LogP contribution is 2.39. The summed E-state index contributed by atoms with van der Waals surface area (Å²) in [6.45, 7) is 13.4. The fourth-order valence-corrected chi connectivity index (χ4v) is 1.82. The van der Waals surface area contributed by atoms with Gasteiger partial charge in [-0.25, -0.2) is 0 Å². The van der Waals surface area contributed by atoms with E-state index < -0.39 is 5.60 Å². The quantitative estimate of drug-likeness (QED) is 0.522. The molecular weight excluding hydrogens is 184 g/mol. The van der Waals surface area contributed by atoms with Crippen molar-refractivity contribution in [3.63, 3.8) is 0 Å². The molecule has 0 aliphatic rings. The van der Waals surface area contributed by atoms with Crippen LogP contribution in [-0.4, -0.2) is 10.7 Å². The second kappa shape index (κ2) is 5.19. The molecule has 0 aliphatic carbocycles. The molecule has 1 atom stereocenters. The van der Waals surface area contributed by atoms with Gasteiger partial charge in [0.05, 0.1) is 0 Å². The zero-order valence-corrected chi connectivity index (χ0v) is 10.1. The van der Waals surface area contributed by atoms with E-state index in [1.807, 2.05) is 20.8 Å². The van der Waals surface area contributed by atoms with Crippen molar-refractivity contribution < 1.29 is 5.11 Å². The van der Waals surface area contributed by atoms with Crippen LogP contribution < -0.4 is 0 Å². The van der Waals surface area contributed by atoms with Crippen LogP contribution in [-0.2, 0) is 0 Å². The molecule has 1 heteroatoms. The Morgan fingerprint density at radius 3 is 2.40 bits per heavy atom. The second-order valence-electron chi connectivity index (χ2n) is 4.85. The fraction of sp³-hybridized carbons (Fsp3) is 0.571. The van der Waals surface area contributed by atoms with Crippen LogP contribution in [0.15, 0.2) is 24.8 Å². The Balaban J connectivity index is 4.84. The van der Waals surface area contributed by atoms with E-state index in [0.29, 0.717) is 6.42 Å². The molecule has 0 rings (SSSR count). The van der Waals surface area contributed by atoms with E-state index in [2.05, 4.69) is 19.1 Å². The Morgan fingerprint density at radius 1 is 1.53 bits per heavy atom. The van der Waals surface area contributed by atoms with E-state index in [4.69, 9.17) is 6.42 Å². The van der Waals surface area contributed by atoms with E-state index in [-0.39, 0.29) is 5.41 Å². The monoisotopic (exact) mass is 206 g/mol. The molecule has 0 aromatic rings. The van der Waals surface area contributed by atoms with Crippen molar-refractivity contribution in [2.45, 2.75) is 45.6 Å². The average molecular weight is 206 g/mol. The number of rotatable bonds is 6. The summed E-state index contributed by atoms with van der Waals surface area (Å²) in [4.78, 5) is 0. The van der Waals surface area contributed by atoms with Gasteiger partial charge in [-0.3, -0.25) is 0 Å². The van der Waals surface area contributed by atoms with Gasteiger partial charge >= 0.3 is 0 Å². The van der Waals surface area contributed by atoms with E-state index in [1.165, 1.54) is 0 Å². The van der Waals surface area contributed by atoms with Crippen LogP contribution in [0.1, 0.15) is 40.0 Å². The smallest absolute Gasteiger partial charge is 0.130 e. The Hall–Kier alpha value is -1.00. The van der Waals surface area contributed by atoms with Crippen LogP contribution in [0.4, 0.5) is 0 Å². The molecule has 0 saturated carbocycles. The van der Waals surface area contributed by atoms with Crippen molar-refractivity contribution in [3.8, 4) is 12.3 Å². The summed E-state index contributed by atoms with van der Waals surface area (Å²) < 4.78 is 0. The van der Waals surface area contributed by atoms with Gasteiger partial charge in [0, 0.05) is 5.41 Å². The molecule has 0 bridgehead atoms. The normalized spacial score (nSPS) is 15.1. The lowest BCUT2D eigenvalue weighted by molar-refractivity contribution is -0.0212. The van der Waals surface area contributed by atoms with Crippen LogP contribution >= 0.6 is 0 Å². The Labute approximate surface area is 93.9 Å². The molecule has 1 unspecified atom stereocenters. The van der Waals surface area contributed by atoms with Gasteiger partial charge in [0.2, 0.25) is 0 Å². The van der Waals surface area contributed by atoms with Crippen LogP contribution in [0.25, 0.3) is 0 Å². The first-order valence-corrected chi connectivity index (χ1v) is 5.24. The zero-order chi connectivity index (χ0) is 12.1. The lowest BCUT2D eigenvalue weighted by atomic mass is 9.69. The second-order valence-corrected chi connectivity index (χ2v) is 4.85. The molecule has 0 aromatic carbocycles. The molecule has 1 N–H and O–H groups in total. The minimum Gasteiger partial charge on any atom is -0.377 e. The van der Waals surface area contributed by atoms with Crippen LogP contribution in [0.2, 0.25) is 0 Å². The van der Waals surface area contributed by atoms with Crippen molar-refractivity contribution in [3.05, 3.63) is 24.8 Å². The maximum absolute atomic E-state index is 10.4. The van der Waals surface area contributed by atoms with Crippen molar-refractivity contribution in [2.75, 3.05) is 0 Å². The van der Waals surface area contributed by atoms with Gasteiger partial charge in [0.1, 0.15) is 5.60 Å². The van der Waals surface area contributed by atoms with Crippen molar-refractivity contribution in [1.29, 1.82) is 0 Å². The lowest BCUT2D eigenvalue weighted by Crippen LogP contribution is -2.43. The number of hydrogen-bond donors (Lipinski definition) is 1. The first-order valence-electron chi connectivity index (χ1n) is 5.24. The summed E-state index contributed by atoms with van der Waals surface area (Å²) in [6.07, 6.45) is 9.22. The molecule has 0 spiro atoms. The molecule has 0 amide bonds. The summed E-state index contributed by atoms with van der Waals surface area (Å²) >= 11 is 0. The number of terminal acetylenes is 1. The van der Waals surface area contributed by atoms with E-state index in [1.54, 1.807) is 6.08 Å². The Bertz CT molecular complexity index is 280. The average Bonchev–Trinajstić information content (AvgIpc) is 2.11. The van der Waals surface area contributed by atoms with Gasteiger partial charge in [0.15, 0.2) is 0 Å². The highest BCUT2D eigenvalue weighted by atomic mass is 16.3. The van der Waals surface area contributed by atoms with Crippen LogP contribution in [0, 0.1) is 17.8 Å². The SMILES string of the molecule is C#CC(O)(CCC=C)C(C)(C)CC(=C)C. The van der Waals surface area contributed by atoms with E-state index in [9.17, 15) is 5.11 Å². The predicted molar refractivity (Wildman–Crippen MR) is 66.4 cm³/mol. The molecule has 0 aliphatic heterocycles. The summed E-state index contributed by atoms with van der Waals surface area (Å²) in [7, 11) is 0. The molecule has 0 fully saturated rings. The molecular formula is C14H22O. The molecule has 15 heavy (non-hydrogen) atoms. The van der Waals surface area contributed by atoms with Crippen molar-refractivity contribution >= 4 is 0 Å². The largest absolute Gasteiger partial charge is 0.377 e. The Morgan fingerprint density at radius 2 is 2.07 bits per heavy atom. The molecule has 84 valence electrons. The van der Waals surface area contributed by atoms with Crippen LogP contribution in [0.3, 0.4) is 0 Å². The number of aliphatic hydroxyl groups is 1. The van der Waals surface area contributed by atoms with Gasteiger partial charge in [0.25, 0.3) is 0 Å². The maximum Gasteiger partial charge on any atom is 0.130 e. The van der Waals surface area contributed by atoms with Gasteiger partial charge in [-0.2, -0.15) is 0 Å². The van der Waals surface area contributed by atoms with Gasteiger partial charge in [-0.1, -0.05) is 31.4 Å². The molecule has 1 nitrogen and oxygen atoms in total. The third-order valence-electron chi connectivity index (χ3n) is 2.81. The van der Waals surface area contributed by atoms with E-state index in [0.717, 1.165) is 18.4 Å². The fourth-order valence-electron chi connectivity index (χ4n) is 1.82. The molecule has 0 radical (unpaired) electrons. The van der Waals surface area contributed by atoms with Crippen molar-refractivity contribution in [2.24, 2.45) is 5.41 Å². The highest BCUT2D eigenvalue weighted by Gasteiger charge is 2.41. The summed E-state index contributed by atoms with van der Waals surface area (Å²) in [5, 5.41) is 10.4. The van der Waals surface area contributed by atoms with E-state index >= 15 is 0 Å². The highest BCUT2D eigenvalue weighted by molar-refractivity contribution is 5.17. The minimum atomic E-state index is -1.08. The van der Waals surface area contributed by atoms with Gasteiger partial charge < -0.3 is 5.11 Å². The van der Waals surface area contributed by atoms with Gasteiger partial charge in [-0.05, 0) is 26.2 Å². The zero-order valence-electron chi connectivity index (χ0n) is 10.1. The molecule has 0 heterocycles. The third-order valence-corrected chi connectivity index (χ3v) is 2.81. The molecule has 0 aromatic heterocycles. The summed E-state index contributed by atoms with van der Waals surface area (Å²) in [6, 6.07) is 0. The van der Waals surface area contributed by atoms with Crippen LogP contribution in [0.5, 0.6) is 0 Å². The maximum atomic E-state index is 10.4.